The monoisotopic (exact) mass is 229 g/mol. The van der Waals surface area contributed by atoms with Crippen molar-refractivity contribution < 1.29 is 13.9 Å². The van der Waals surface area contributed by atoms with Crippen LogP contribution in [-0.4, -0.2) is 17.6 Å². The van der Waals surface area contributed by atoms with Gasteiger partial charge in [-0.2, -0.15) is 0 Å². The Morgan fingerprint density at radius 2 is 2.47 bits per heavy atom. The maximum Gasteiger partial charge on any atom is 0.330 e. The third-order valence-electron chi connectivity index (χ3n) is 1.50. The molecule has 3 nitrogen and oxygen atoms in total. The first kappa shape index (κ1) is 11.7. The van der Waals surface area contributed by atoms with E-state index in [2.05, 4.69) is 9.72 Å². The molecule has 0 saturated carbocycles. The summed E-state index contributed by atoms with van der Waals surface area (Å²) in [5, 5.41) is 0.209. The summed E-state index contributed by atoms with van der Waals surface area (Å²) >= 11 is 5.51. The van der Waals surface area contributed by atoms with E-state index in [9.17, 15) is 9.18 Å². The molecule has 0 atom stereocenters. The minimum atomic E-state index is -0.581. The van der Waals surface area contributed by atoms with Gasteiger partial charge in [0.1, 0.15) is 5.82 Å². The molecule has 1 rings (SSSR count). The minimum Gasteiger partial charge on any atom is -0.463 e. The molecule has 5 heteroatoms. The molecule has 0 N–H and O–H groups in total. The second-order valence-electron chi connectivity index (χ2n) is 2.61. The molecule has 1 aromatic rings. The van der Waals surface area contributed by atoms with Crippen LogP contribution in [0.25, 0.3) is 6.08 Å². The van der Waals surface area contributed by atoms with Crippen molar-refractivity contribution in [2.45, 2.75) is 6.92 Å². The van der Waals surface area contributed by atoms with E-state index in [1.165, 1.54) is 12.3 Å². The number of esters is 1. The van der Waals surface area contributed by atoms with Gasteiger partial charge in [0, 0.05) is 12.3 Å². The Morgan fingerprint density at radius 1 is 1.73 bits per heavy atom. The Balaban J connectivity index is 2.76. The van der Waals surface area contributed by atoms with Crippen LogP contribution in [-0.2, 0) is 9.53 Å². The molecule has 0 aliphatic rings. The zero-order valence-corrected chi connectivity index (χ0v) is 8.79. The zero-order chi connectivity index (χ0) is 11.3. The molecule has 0 aromatic carbocycles. The molecule has 0 bridgehead atoms. The molecule has 0 unspecified atom stereocenters. The molecule has 0 radical (unpaired) electrons. The van der Waals surface area contributed by atoms with Crippen LogP contribution in [0, 0.1) is 5.82 Å². The standard InChI is InChI=1S/C10H9ClFNO2/c1-2-15-10(14)4-3-9-8(12)5-7(11)6-13-9/h3-6H,2H2,1H3. The first-order valence-corrected chi connectivity index (χ1v) is 4.67. The van der Waals surface area contributed by atoms with Crippen molar-refractivity contribution in [1.82, 2.24) is 4.98 Å². The second-order valence-corrected chi connectivity index (χ2v) is 3.04. The molecule has 0 saturated heterocycles. The van der Waals surface area contributed by atoms with Gasteiger partial charge in [-0.3, -0.25) is 4.98 Å². The van der Waals surface area contributed by atoms with Gasteiger partial charge in [-0.05, 0) is 19.1 Å². The lowest BCUT2D eigenvalue weighted by atomic mass is 10.3. The van der Waals surface area contributed by atoms with Gasteiger partial charge in [-0.15, -0.1) is 0 Å². The first-order valence-electron chi connectivity index (χ1n) is 4.29. The van der Waals surface area contributed by atoms with Crippen LogP contribution in [0.15, 0.2) is 18.3 Å². The van der Waals surface area contributed by atoms with Crippen molar-refractivity contribution in [2.24, 2.45) is 0 Å². The molecule has 0 amide bonds. The number of carbonyl (C=O) groups excluding carboxylic acids is 1. The molecular formula is C10H9ClFNO2. The Morgan fingerprint density at radius 3 is 3.07 bits per heavy atom. The van der Waals surface area contributed by atoms with E-state index in [4.69, 9.17) is 11.6 Å². The quantitative estimate of drug-likeness (QED) is 0.590. The number of carbonyl (C=O) groups is 1. The minimum absolute atomic E-state index is 0.0486. The molecule has 15 heavy (non-hydrogen) atoms. The number of ether oxygens (including phenoxy) is 1. The topological polar surface area (TPSA) is 39.2 Å². The van der Waals surface area contributed by atoms with E-state index in [-0.39, 0.29) is 17.3 Å². The smallest absolute Gasteiger partial charge is 0.330 e. The second kappa shape index (κ2) is 5.46. The molecule has 0 aliphatic carbocycles. The highest BCUT2D eigenvalue weighted by molar-refractivity contribution is 6.30. The van der Waals surface area contributed by atoms with Crippen LogP contribution < -0.4 is 0 Å². The maximum atomic E-state index is 13.1. The lowest BCUT2D eigenvalue weighted by Gasteiger charge is -1.97. The van der Waals surface area contributed by atoms with Gasteiger partial charge < -0.3 is 4.74 Å². The van der Waals surface area contributed by atoms with Gasteiger partial charge in [0.15, 0.2) is 0 Å². The highest BCUT2D eigenvalue weighted by Crippen LogP contribution is 2.12. The Kier molecular flexibility index (Phi) is 4.24. The summed E-state index contributed by atoms with van der Waals surface area (Å²) in [4.78, 5) is 14.6. The number of hydrogen-bond acceptors (Lipinski definition) is 3. The van der Waals surface area contributed by atoms with Gasteiger partial charge in [0.05, 0.1) is 17.3 Å². The van der Waals surface area contributed by atoms with Crippen LogP contribution in [0.2, 0.25) is 5.02 Å². The van der Waals surface area contributed by atoms with Crippen LogP contribution in [0.3, 0.4) is 0 Å². The van der Waals surface area contributed by atoms with Gasteiger partial charge in [-0.25, -0.2) is 9.18 Å². The van der Waals surface area contributed by atoms with Crippen LogP contribution in [0.1, 0.15) is 12.6 Å². The molecular weight excluding hydrogens is 221 g/mol. The number of halogens is 2. The van der Waals surface area contributed by atoms with Gasteiger partial charge in [0.25, 0.3) is 0 Å². The highest BCUT2D eigenvalue weighted by Gasteiger charge is 2.02. The SMILES string of the molecule is CCOC(=O)C=Cc1ncc(Cl)cc1F. The van der Waals surface area contributed by atoms with Gasteiger partial charge >= 0.3 is 5.97 Å². The Labute approximate surface area is 91.5 Å². The van der Waals surface area contributed by atoms with E-state index in [1.807, 2.05) is 0 Å². The van der Waals surface area contributed by atoms with Crippen molar-refractivity contribution in [3.05, 3.63) is 34.9 Å². The largest absolute Gasteiger partial charge is 0.463 e. The molecule has 0 aliphatic heterocycles. The van der Waals surface area contributed by atoms with Crippen molar-refractivity contribution in [3.63, 3.8) is 0 Å². The summed E-state index contributed by atoms with van der Waals surface area (Å²) in [6.45, 7) is 1.96. The lowest BCUT2D eigenvalue weighted by molar-refractivity contribution is -0.137. The zero-order valence-electron chi connectivity index (χ0n) is 8.04. The first-order chi connectivity index (χ1) is 7.13. The predicted octanol–water partition coefficient (Wildman–Crippen LogP) is 2.45. The number of pyridine rings is 1. The fourth-order valence-corrected chi connectivity index (χ4v) is 1.03. The van der Waals surface area contributed by atoms with E-state index in [0.29, 0.717) is 0 Å². The predicted molar refractivity (Wildman–Crippen MR) is 54.9 cm³/mol. The average molecular weight is 230 g/mol. The normalized spacial score (nSPS) is 10.6. The third kappa shape index (κ3) is 3.67. The molecule has 0 fully saturated rings. The fourth-order valence-electron chi connectivity index (χ4n) is 0.885. The Hall–Kier alpha value is -1.42. The molecule has 0 spiro atoms. The number of nitrogens with zero attached hydrogens (tertiary/aromatic N) is 1. The lowest BCUT2D eigenvalue weighted by Crippen LogP contribution is -1.99. The number of hydrogen-bond donors (Lipinski definition) is 0. The van der Waals surface area contributed by atoms with Crippen molar-refractivity contribution >= 4 is 23.6 Å². The van der Waals surface area contributed by atoms with Crippen LogP contribution in [0.5, 0.6) is 0 Å². The summed E-state index contributed by atoms with van der Waals surface area (Å²) in [5.41, 5.74) is 0.0486. The van der Waals surface area contributed by atoms with Crippen molar-refractivity contribution in [1.29, 1.82) is 0 Å². The summed E-state index contributed by atoms with van der Waals surface area (Å²) in [6.07, 6.45) is 3.65. The number of rotatable bonds is 3. The van der Waals surface area contributed by atoms with Gasteiger partial charge in [-0.1, -0.05) is 11.6 Å². The van der Waals surface area contributed by atoms with E-state index >= 15 is 0 Å². The highest BCUT2D eigenvalue weighted by atomic mass is 35.5. The van der Waals surface area contributed by atoms with Crippen LogP contribution in [0.4, 0.5) is 4.39 Å². The van der Waals surface area contributed by atoms with E-state index in [1.54, 1.807) is 6.92 Å². The Bertz CT molecular complexity index is 393. The molecule has 1 aromatic heterocycles. The summed E-state index contributed by atoms with van der Waals surface area (Å²) in [5.74, 6) is -1.11. The number of aromatic nitrogens is 1. The summed E-state index contributed by atoms with van der Waals surface area (Å²) in [7, 11) is 0. The molecule has 80 valence electrons. The van der Waals surface area contributed by atoms with E-state index in [0.717, 1.165) is 12.1 Å². The average Bonchev–Trinajstić information content (AvgIpc) is 2.17. The summed E-state index contributed by atoms with van der Waals surface area (Å²) in [6, 6.07) is 1.12. The fraction of sp³-hybridized carbons (Fsp3) is 0.200. The third-order valence-corrected chi connectivity index (χ3v) is 1.71. The van der Waals surface area contributed by atoms with E-state index < -0.39 is 11.8 Å². The molecule has 1 heterocycles. The maximum absolute atomic E-state index is 13.1. The van der Waals surface area contributed by atoms with Crippen LogP contribution >= 0.6 is 11.6 Å². The van der Waals surface area contributed by atoms with Gasteiger partial charge in [0.2, 0.25) is 0 Å². The summed E-state index contributed by atoms with van der Waals surface area (Å²) < 4.78 is 17.8. The van der Waals surface area contributed by atoms with Crippen molar-refractivity contribution in [2.75, 3.05) is 6.61 Å². The van der Waals surface area contributed by atoms with Crippen molar-refractivity contribution in [3.8, 4) is 0 Å².